The maximum absolute atomic E-state index is 12.0. The second-order valence-electron chi connectivity index (χ2n) is 5.64. The zero-order valence-electron chi connectivity index (χ0n) is 10.9. The summed E-state index contributed by atoms with van der Waals surface area (Å²) in [7, 11) is 0. The van der Waals surface area contributed by atoms with E-state index in [4.69, 9.17) is 0 Å². The van der Waals surface area contributed by atoms with Crippen molar-refractivity contribution in [3.05, 3.63) is 0 Å². The molecule has 0 radical (unpaired) electrons. The Labute approximate surface area is 93.4 Å². The lowest BCUT2D eigenvalue weighted by Gasteiger charge is -2.23. The molecule has 88 valence electrons. The fourth-order valence-electron chi connectivity index (χ4n) is 1.63. The number of Topliss-reactive ketones (excluding diaryl/α,β-unsaturated/α-hetero) is 2. The van der Waals surface area contributed by atoms with E-state index in [0.29, 0.717) is 18.8 Å². The molecule has 0 spiro atoms. The molecule has 0 aliphatic rings. The lowest BCUT2D eigenvalue weighted by molar-refractivity contribution is -0.138. The van der Waals surface area contributed by atoms with Gasteiger partial charge in [0.2, 0.25) is 0 Å². The van der Waals surface area contributed by atoms with Gasteiger partial charge in [-0.05, 0) is 12.3 Å². The Hall–Kier alpha value is -0.660. The molecule has 0 bridgehead atoms. The van der Waals surface area contributed by atoms with E-state index in [1.807, 2.05) is 41.5 Å². The second kappa shape index (κ2) is 5.43. The van der Waals surface area contributed by atoms with E-state index in [2.05, 4.69) is 0 Å². The third kappa shape index (κ3) is 4.59. The van der Waals surface area contributed by atoms with E-state index in [-0.39, 0.29) is 11.6 Å². The van der Waals surface area contributed by atoms with Crippen LogP contribution in [-0.2, 0) is 9.59 Å². The molecule has 15 heavy (non-hydrogen) atoms. The molecule has 2 heteroatoms. The van der Waals surface area contributed by atoms with Gasteiger partial charge in [0.25, 0.3) is 0 Å². The summed E-state index contributed by atoms with van der Waals surface area (Å²) in [6.07, 6.45) is 1.14. The molecule has 2 nitrogen and oxygen atoms in total. The van der Waals surface area contributed by atoms with E-state index in [1.165, 1.54) is 0 Å². The minimum absolute atomic E-state index is 0.0793. The molecule has 1 unspecified atom stereocenters. The number of hydrogen-bond donors (Lipinski definition) is 0. The molecule has 0 fully saturated rings. The van der Waals surface area contributed by atoms with Crippen molar-refractivity contribution in [3.63, 3.8) is 0 Å². The molecule has 0 N–H and O–H groups in total. The highest BCUT2D eigenvalue weighted by Crippen LogP contribution is 2.24. The van der Waals surface area contributed by atoms with Crippen LogP contribution in [0, 0.1) is 17.3 Å². The molecule has 0 aromatic carbocycles. The van der Waals surface area contributed by atoms with Gasteiger partial charge in [0.1, 0.15) is 11.6 Å². The van der Waals surface area contributed by atoms with E-state index < -0.39 is 11.3 Å². The lowest BCUT2D eigenvalue weighted by Crippen LogP contribution is -2.33. The maximum atomic E-state index is 12.0. The van der Waals surface area contributed by atoms with Gasteiger partial charge >= 0.3 is 0 Å². The van der Waals surface area contributed by atoms with Crippen molar-refractivity contribution >= 4 is 11.6 Å². The monoisotopic (exact) mass is 212 g/mol. The smallest absolute Gasteiger partial charge is 0.148 e. The highest BCUT2D eigenvalue weighted by molar-refractivity contribution is 6.04. The lowest BCUT2D eigenvalue weighted by atomic mass is 9.78. The number of carbonyl (C=O) groups excluding carboxylic acids is 2. The predicted molar refractivity (Wildman–Crippen MR) is 62.7 cm³/mol. The van der Waals surface area contributed by atoms with E-state index >= 15 is 0 Å². The fraction of sp³-hybridized carbons (Fsp3) is 0.846. The molecule has 0 saturated carbocycles. The minimum Gasteiger partial charge on any atom is -0.299 e. The van der Waals surface area contributed by atoms with Crippen molar-refractivity contribution in [3.8, 4) is 0 Å². The first-order valence-electron chi connectivity index (χ1n) is 5.77. The van der Waals surface area contributed by atoms with Crippen LogP contribution in [0.5, 0.6) is 0 Å². The van der Waals surface area contributed by atoms with Crippen LogP contribution in [0.15, 0.2) is 0 Å². The van der Waals surface area contributed by atoms with Crippen LogP contribution < -0.4 is 0 Å². The first kappa shape index (κ1) is 14.3. The van der Waals surface area contributed by atoms with Gasteiger partial charge in [0.05, 0.1) is 5.92 Å². The Morgan fingerprint density at radius 3 is 1.87 bits per heavy atom. The molecule has 0 rings (SSSR count). The van der Waals surface area contributed by atoms with Gasteiger partial charge in [-0.1, -0.05) is 41.5 Å². The highest BCUT2D eigenvalue weighted by atomic mass is 16.2. The van der Waals surface area contributed by atoms with Gasteiger partial charge in [-0.2, -0.15) is 0 Å². The predicted octanol–water partition coefficient (Wildman–Crippen LogP) is 3.24. The van der Waals surface area contributed by atoms with E-state index in [0.717, 1.165) is 0 Å². The zero-order valence-corrected chi connectivity index (χ0v) is 10.9. The van der Waals surface area contributed by atoms with Gasteiger partial charge in [-0.15, -0.1) is 0 Å². The van der Waals surface area contributed by atoms with Gasteiger partial charge in [-0.3, -0.25) is 9.59 Å². The fourth-order valence-corrected chi connectivity index (χ4v) is 1.63. The normalized spacial score (nSPS) is 14.1. The quantitative estimate of drug-likeness (QED) is 0.656. The van der Waals surface area contributed by atoms with Crippen molar-refractivity contribution < 1.29 is 9.59 Å². The van der Waals surface area contributed by atoms with Crippen LogP contribution in [0.4, 0.5) is 0 Å². The standard InChI is InChI=1S/C13H24O2/c1-7-10(11(14)8-9(2)3)12(15)13(4,5)6/h9-10H,7-8H2,1-6H3. The summed E-state index contributed by atoms with van der Waals surface area (Å²) in [6.45, 7) is 11.5. The van der Waals surface area contributed by atoms with Crippen LogP contribution in [0.25, 0.3) is 0 Å². The van der Waals surface area contributed by atoms with Crippen LogP contribution in [0.2, 0.25) is 0 Å². The van der Waals surface area contributed by atoms with Crippen LogP contribution >= 0.6 is 0 Å². The van der Waals surface area contributed by atoms with Gasteiger partial charge in [-0.25, -0.2) is 0 Å². The molecule has 0 heterocycles. The van der Waals surface area contributed by atoms with Gasteiger partial charge in [0.15, 0.2) is 0 Å². The topological polar surface area (TPSA) is 34.1 Å². The first-order valence-corrected chi connectivity index (χ1v) is 5.77. The molecule has 0 aliphatic heterocycles. The Bertz CT molecular complexity index is 233. The van der Waals surface area contributed by atoms with Crippen molar-refractivity contribution in [1.82, 2.24) is 0 Å². The van der Waals surface area contributed by atoms with Crippen molar-refractivity contribution in [2.45, 2.75) is 54.4 Å². The summed E-state index contributed by atoms with van der Waals surface area (Å²) < 4.78 is 0. The molecule has 0 aliphatic carbocycles. The van der Waals surface area contributed by atoms with Crippen molar-refractivity contribution in [2.75, 3.05) is 0 Å². The first-order chi connectivity index (χ1) is 6.70. The number of carbonyl (C=O) groups is 2. The van der Waals surface area contributed by atoms with E-state index in [1.54, 1.807) is 0 Å². The Balaban J connectivity index is 4.63. The Kier molecular flexibility index (Phi) is 5.19. The molecular formula is C13H24O2. The van der Waals surface area contributed by atoms with E-state index in [9.17, 15) is 9.59 Å². The van der Waals surface area contributed by atoms with Crippen molar-refractivity contribution in [1.29, 1.82) is 0 Å². The Morgan fingerprint density at radius 1 is 1.13 bits per heavy atom. The van der Waals surface area contributed by atoms with Crippen LogP contribution in [-0.4, -0.2) is 11.6 Å². The molecule has 0 saturated heterocycles. The molecule has 0 aromatic heterocycles. The zero-order chi connectivity index (χ0) is 12.2. The third-order valence-electron chi connectivity index (χ3n) is 2.46. The average molecular weight is 212 g/mol. The largest absolute Gasteiger partial charge is 0.299 e. The molecule has 0 amide bonds. The third-order valence-corrected chi connectivity index (χ3v) is 2.46. The molecular weight excluding hydrogens is 188 g/mol. The second-order valence-corrected chi connectivity index (χ2v) is 5.64. The summed E-state index contributed by atoms with van der Waals surface area (Å²) in [6, 6.07) is 0. The number of rotatable bonds is 5. The minimum atomic E-state index is -0.409. The van der Waals surface area contributed by atoms with Crippen molar-refractivity contribution in [2.24, 2.45) is 17.3 Å². The maximum Gasteiger partial charge on any atom is 0.148 e. The SMILES string of the molecule is CCC(C(=O)CC(C)C)C(=O)C(C)(C)C. The summed E-state index contributed by atoms with van der Waals surface area (Å²) in [5.74, 6) is 0.120. The number of hydrogen-bond acceptors (Lipinski definition) is 2. The average Bonchev–Trinajstić information content (AvgIpc) is 2.01. The summed E-state index contributed by atoms with van der Waals surface area (Å²) in [4.78, 5) is 23.8. The molecule has 0 aromatic rings. The van der Waals surface area contributed by atoms with Crippen LogP contribution in [0.3, 0.4) is 0 Å². The van der Waals surface area contributed by atoms with Gasteiger partial charge in [0, 0.05) is 11.8 Å². The highest BCUT2D eigenvalue weighted by Gasteiger charge is 2.32. The van der Waals surface area contributed by atoms with Gasteiger partial charge < -0.3 is 0 Å². The van der Waals surface area contributed by atoms with Crippen LogP contribution in [0.1, 0.15) is 54.4 Å². The molecule has 1 atom stereocenters. The number of ketones is 2. The summed E-state index contributed by atoms with van der Waals surface area (Å²) >= 11 is 0. The Morgan fingerprint density at radius 2 is 1.60 bits per heavy atom. The summed E-state index contributed by atoms with van der Waals surface area (Å²) in [5.41, 5.74) is -0.409. The summed E-state index contributed by atoms with van der Waals surface area (Å²) in [5, 5.41) is 0.